The summed E-state index contributed by atoms with van der Waals surface area (Å²) in [6.45, 7) is 1.07. The van der Waals surface area contributed by atoms with Gasteiger partial charge in [0.1, 0.15) is 23.0 Å². The molecule has 0 bridgehead atoms. The molecule has 7 nitrogen and oxygen atoms in total. The van der Waals surface area contributed by atoms with Crippen LogP contribution in [0.5, 0.6) is 23.0 Å². The summed E-state index contributed by atoms with van der Waals surface area (Å²) in [6.07, 6.45) is 0.813. The molecule has 0 saturated carbocycles. The molecule has 0 saturated heterocycles. The number of hydrogen-bond donors (Lipinski definition) is 1. The second-order valence-corrected chi connectivity index (χ2v) is 11.1. The lowest BCUT2D eigenvalue weighted by atomic mass is 9.82. The maximum absolute atomic E-state index is 5.69. The maximum atomic E-state index is 5.69. The second kappa shape index (κ2) is 17.2. The van der Waals surface area contributed by atoms with Crippen molar-refractivity contribution in [3.8, 4) is 23.0 Å². The molecule has 5 aromatic carbocycles. The molecule has 1 atom stereocenters. The van der Waals surface area contributed by atoms with E-state index in [0.717, 1.165) is 40.5 Å². The summed E-state index contributed by atoms with van der Waals surface area (Å²) >= 11 is 0. The number of nitrogens with one attached hydrogen (secondary N) is 1. The van der Waals surface area contributed by atoms with Gasteiger partial charge in [-0.25, -0.2) is 0 Å². The lowest BCUT2D eigenvalue weighted by molar-refractivity contribution is 0.0509. The van der Waals surface area contributed by atoms with E-state index in [9.17, 15) is 0 Å². The Morgan fingerprint density at radius 3 is 1.49 bits per heavy atom. The molecular weight excluding hydrogens is 590 g/mol. The van der Waals surface area contributed by atoms with Crippen LogP contribution >= 0.6 is 0 Å². The fourth-order valence-corrected chi connectivity index (χ4v) is 5.67. The quantitative estimate of drug-likeness (QED) is 0.0824. The van der Waals surface area contributed by atoms with E-state index < -0.39 is 0 Å². The van der Waals surface area contributed by atoms with Crippen LogP contribution < -0.4 is 24.3 Å². The molecule has 0 aliphatic heterocycles. The van der Waals surface area contributed by atoms with Crippen molar-refractivity contribution in [1.29, 1.82) is 0 Å². The van der Waals surface area contributed by atoms with Crippen molar-refractivity contribution in [2.75, 3.05) is 42.0 Å². The number of rotatable bonds is 17. The third kappa shape index (κ3) is 9.14. The zero-order valence-electron chi connectivity index (χ0n) is 27.5. The minimum absolute atomic E-state index is 0.0259. The third-order valence-electron chi connectivity index (χ3n) is 8.14. The van der Waals surface area contributed by atoms with E-state index in [4.69, 9.17) is 28.4 Å². The van der Waals surface area contributed by atoms with Gasteiger partial charge >= 0.3 is 0 Å². The van der Waals surface area contributed by atoms with Crippen LogP contribution in [0.1, 0.15) is 45.3 Å². The molecule has 7 heteroatoms. The van der Waals surface area contributed by atoms with E-state index in [-0.39, 0.29) is 25.5 Å². The van der Waals surface area contributed by atoms with E-state index in [2.05, 4.69) is 78.1 Å². The molecule has 0 amide bonds. The zero-order valence-corrected chi connectivity index (χ0v) is 27.5. The fraction of sp³-hybridized carbons (Fsp3) is 0.250. The molecule has 1 unspecified atom stereocenters. The summed E-state index contributed by atoms with van der Waals surface area (Å²) in [5, 5.41) is 3.89. The standard InChI is InChI=1S/C40H43NO6/c1-42-27-46-36-21-13-31(14-22-36)40(32-15-23-37(24-16-32)47-28-43-2)38-8-6-5-7-33(38)26-41-39(30-11-19-35(45-4)20-12-30)25-29-9-17-34(44-3)18-10-29/h5-24,39-41H,25-28H2,1-4H3. The molecular formula is C40H43NO6. The topological polar surface area (TPSA) is 67.4 Å². The van der Waals surface area contributed by atoms with Crippen molar-refractivity contribution >= 4 is 0 Å². The summed E-state index contributed by atoms with van der Waals surface area (Å²) in [5.41, 5.74) is 7.14. The second-order valence-electron chi connectivity index (χ2n) is 11.1. The van der Waals surface area contributed by atoms with E-state index in [1.807, 2.05) is 48.5 Å². The Kier molecular flexibility index (Phi) is 12.3. The number of hydrogen-bond acceptors (Lipinski definition) is 7. The molecule has 0 aliphatic carbocycles. The summed E-state index contributed by atoms with van der Waals surface area (Å²) in [6, 6.07) is 41.7. The first kappa shape index (κ1) is 33.5. The van der Waals surface area contributed by atoms with Crippen LogP contribution in [0.3, 0.4) is 0 Å². The number of methoxy groups -OCH3 is 4. The van der Waals surface area contributed by atoms with Gasteiger partial charge in [-0.2, -0.15) is 0 Å². The van der Waals surface area contributed by atoms with Gasteiger partial charge < -0.3 is 33.7 Å². The Balaban J connectivity index is 1.47. The first-order valence-electron chi connectivity index (χ1n) is 15.6. The van der Waals surface area contributed by atoms with Crippen LogP contribution in [0.15, 0.2) is 121 Å². The van der Waals surface area contributed by atoms with Crippen molar-refractivity contribution in [3.05, 3.63) is 155 Å². The highest BCUT2D eigenvalue weighted by molar-refractivity contribution is 5.48. The molecule has 5 rings (SSSR count). The SMILES string of the molecule is COCOc1ccc(C(c2ccc(OCOC)cc2)c2ccccc2CNC(Cc2ccc(OC)cc2)c2ccc(OC)cc2)cc1. The van der Waals surface area contributed by atoms with Gasteiger partial charge in [0.2, 0.25) is 0 Å². The molecule has 1 N–H and O–H groups in total. The summed E-state index contributed by atoms with van der Waals surface area (Å²) in [5.74, 6) is 3.17. The lowest BCUT2D eigenvalue weighted by Crippen LogP contribution is -2.24. The molecule has 47 heavy (non-hydrogen) atoms. The van der Waals surface area contributed by atoms with Gasteiger partial charge in [0.25, 0.3) is 0 Å². The first-order valence-corrected chi connectivity index (χ1v) is 15.6. The third-order valence-corrected chi connectivity index (χ3v) is 8.14. The summed E-state index contributed by atoms with van der Waals surface area (Å²) in [7, 11) is 6.61. The monoisotopic (exact) mass is 633 g/mol. The Hall–Kier alpha value is -4.82. The Morgan fingerprint density at radius 2 is 0.979 bits per heavy atom. The van der Waals surface area contributed by atoms with Gasteiger partial charge in [-0.3, -0.25) is 0 Å². The average Bonchev–Trinajstić information content (AvgIpc) is 3.13. The molecule has 0 heterocycles. The van der Waals surface area contributed by atoms with E-state index in [0.29, 0.717) is 6.54 Å². The van der Waals surface area contributed by atoms with Crippen molar-refractivity contribution in [2.45, 2.75) is 24.9 Å². The average molecular weight is 634 g/mol. The lowest BCUT2D eigenvalue weighted by Gasteiger charge is -2.25. The summed E-state index contributed by atoms with van der Waals surface area (Å²) < 4.78 is 32.4. The fourth-order valence-electron chi connectivity index (χ4n) is 5.67. The largest absolute Gasteiger partial charge is 0.497 e. The molecule has 5 aromatic rings. The normalized spacial score (nSPS) is 11.7. The van der Waals surface area contributed by atoms with Crippen molar-refractivity contribution in [1.82, 2.24) is 5.32 Å². The zero-order chi connectivity index (χ0) is 32.8. The highest BCUT2D eigenvalue weighted by atomic mass is 16.7. The number of ether oxygens (including phenoxy) is 6. The van der Waals surface area contributed by atoms with Crippen LogP contribution in [-0.4, -0.2) is 42.0 Å². The minimum atomic E-state index is -0.0259. The van der Waals surface area contributed by atoms with E-state index in [1.165, 1.54) is 22.3 Å². The smallest absolute Gasteiger partial charge is 0.188 e. The Morgan fingerprint density at radius 1 is 0.511 bits per heavy atom. The van der Waals surface area contributed by atoms with Crippen LogP contribution in [0.4, 0.5) is 0 Å². The Labute approximate surface area is 278 Å². The van der Waals surface area contributed by atoms with Crippen LogP contribution in [-0.2, 0) is 22.4 Å². The molecule has 0 spiro atoms. The first-order chi connectivity index (χ1) is 23.1. The maximum Gasteiger partial charge on any atom is 0.188 e. The predicted octanol–water partition coefficient (Wildman–Crippen LogP) is 7.92. The molecule has 244 valence electrons. The molecule has 0 aromatic heterocycles. The van der Waals surface area contributed by atoms with Gasteiger partial charge in [0.05, 0.1) is 14.2 Å². The van der Waals surface area contributed by atoms with E-state index >= 15 is 0 Å². The highest BCUT2D eigenvalue weighted by Gasteiger charge is 2.21. The van der Waals surface area contributed by atoms with Gasteiger partial charge in [-0.1, -0.05) is 72.8 Å². The minimum Gasteiger partial charge on any atom is -0.497 e. The number of benzene rings is 5. The Bertz CT molecular complexity index is 1590. The van der Waals surface area contributed by atoms with E-state index in [1.54, 1.807) is 28.4 Å². The van der Waals surface area contributed by atoms with Gasteiger partial charge in [0, 0.05) is 32.7 Å². The van der Waals surface area contributed by atoms with Crippen molar-refractivity contribution in [2.24, 2.45) is 0 Å². The van der Waals surface area contributed by atoms with Crippen LogP contribution in [0.25, 0.3) is 0 Å². The van der Waals surface area contributed by atoms with Crippen LogP contribution in [0.2, 0.25) is 0 Å². The predicted molar refractivity (Wildman–Crippen MR) is 185 cm³/mol. The highest BCUT2D eigenvalue weighted by Crippen LogP contribution is 2.36. The van der Waals surface area contributed by atoms with Gasteiger partial charge in [0.15, 0.2) is 13.6 Å². The summed E-state index contributed by atoms with van der Waals surface area (Å²) in [4.78, 5) is 0. The van der Waals surface area contributed by atoms with Crippen molar-refractivity contribution in [3.63, 3.8) is 0 Å². The molecule has 0 fully saturated rings. The molecule has 0 radical (unpaired) electrons. The van der Waals surface area contributed by atoms with Crippen LogP contribution in [0, 0.1) is 0 Å². The van der Waals surface area contributed by atoms with Gasteiger partial charge in [-0.15, -0.1) is 0 Å². The van der Waals surface area contributed by atoms with Crippen molar-refractivity contribution < 1.29 is 28.4 Å². The molecule has 0 aliphatic rings. The van der Waals surface area contributed by atoms with Gasteiger partial charge in [-0.05, 0) is 88.3 Å².